The molecular weight excluding hydrogens is 384 g/mol. The molecule has 0 fully saturated rings. The maximum atomic E-state index is 12.4. The largest absolute Gasteiger partial charge is 0.411 e. The number of aromatic nitrogens is 3. The minimum Gasteiger partial charge on any atom is -0.411 e. The number of carbonyl (C=O) groups is 1. The number of aromatic amines is 1. The van der Waals surface area contributed by atoms with Crippen LogP contribution in [0.15, 0.2) is 64.4 Å². The number of nitrogens with zero attached hydrogens (tertiary/aromatic N) is 2. The summed E-state index contributed by atoms with van der Waals surface area (Å²) in [6, 6.07) is 16.2. The molecule has 1 amide bonds. The van der Waals surface area contributed by atoms with Crippen LogP contribution in [0.4, 0.5) is 0 Å². The van der Waals surface area contributed by atoms with Crippen LogP contribution in [0.5, 0.6) is 0 Å². The number of hydrogen-bond acceptors (Lipinski definition) is 5. The van der Waals surface area contributed by atoms with Crippen molar-refractivity contribution in [1.29, 1.82) is 0 Å². The van der Waals surface area contributed by atoms with Gasteiger partial charge in [0.15, 0.2) is 0 Å². The van der Waals surface area contributed by atoms with Gasteiger partial charge in [-0.1, -0.05) is 66.7 Å². The molecule has 0 bridgehead atoms. The fraction of sp³-hybridized carbons (Fsp3) is 0.227. The topological polar surface area (TPSA) is 83.8 Å². The number of fused-ring (bicyclic) bond motifs is 1. The van der Waals surface area contributed by atoms with E-state index in [9.17, 15) is 4.79 Å². The van der Waals surface area contributed by atoms with Gasteiger partial charge in [-0.25, -0.2) is 0 Å². The molecular formula is C22H22N4O2S. The number of thioether (sulfide) groups is 1. The van der Waals surface area contributed by atoms with E-state index in [0.717, 1.165) is 28.5 Å². The standard InChI is InChI=1S/C22H22N4O2S/c1-3-18(15-10-8-14(2)9-11-15)24-20(27)13-29-22-26-25-21(28-22)17-12-23-19-7-5-4-6-16(17)19/h4-12,18,23H,3,13H2,1-2H3,(H,24,27)/t18-/m0/s1. The lowest BCUT2D eigenvalue weighted by molar-refractivity contribution is -0.119. The van der Waals surface area contributed by atoms with Gasteiger partial charge in [-0.2, -0.15) is 0 Å². The molecule has 0 aliphatic heterocycles. The maximum Gasteiger partial charge on any atom is 0.277 e. The highest BCUT2D eigenvalue weighted by atomic mass is 32.2. The van der Waals surface area contributed by atoms with Crippen LogP contribution >= 0.6 is 11.8 Å². The van der Waals surface area contributed by atoms with Gasteiger partial charge < -0.3 is 14.7 Å². The predicted molar refractivity (Wildman–Crippen MR) is 115 cm³/mol. The zero-order valence-electron chi connectivity index (χ0n) is 16.3. The molecule has 0 radical (unpaired) electrons. The lowest BCUT2D eigenvalue weighted by Crippen LogP contribution is -2.29. The van der Waals surface area contributed by atoms with Gasteiger partial charge in [0.2, 0.25) is 5.91 Å². The third-order valence-corrected chi connectivity index (χ3v) is 5.59. The summed E-state index contributed by atoms with van der Waals surface area (Å²) in [6.07, 6.45) is 2.68. The highest BCUT2D eigenvalue weighted by molar-refractivity contribution is 7.99. The Kier molecular flexibility index (Phi) is 5.67. The van der Waals surface area contributed by atoms with Gasteiger partial charge in [-0.3, -0.25) is 4.79 Å². The molecule has 7 heteroatoms. The lowest BCUT2D eigenvalue weighted by atomic mass is 10.0. The van der Waals surface area contributed by atoms with Gasteiger partial charge in [0, 0.05) is 17.1 Å². The average molecular weight is 407 g/mol. The van der Waals surface area contributed by atoms with E-state index in [1.165, 1.54) is 17.3 Å². The number of H-pyrrole nitrogens is 1. The second-order valence-corrected chi connectivity index (χ2v) is 7.78. The van der Waals surface area contributed by atoms with Crippen molar-refractivity contribution in [2.75, 3.05) is 5.75 Å². The second-order valence-electron chi connectivity index (χ2n) is 6.85. The van der Waals surface area contributed by atoms with Gasteiger partial charge in [0.25, 0.3) is 11.1 Å². The number of para-hydroxylation sites is 1. The quantitative estimate of drug-likeness (QED) is 0.427. The highest BCUT2D eigenvalue weighted by Gasteiger charge is 2.16. The fourth-order valence-corrected chi connectivity index (χ4v) is 3.78. The Morgan fingerprint density at radius 3 is 2.76 bits per heavy atom. The third-order valence-electron chi connectivity index (χ3n) is 4.78. The van der Waals surface area contributed by atoms with E-state index in [4.69, 9.17) is 4.42 Å². The lowest BCUT2D eigenvalue weighted by Gasteiger charge is -2.17. The van der Waals surface area contributed by atoms with Gasteiger partial charge in [0.1, 0.15) is 0 Å². The molecule has 0 spiro atoms. The van der Waals surface area contributed by atoms with Crippen LogP contribution in [0, 0.1) is 6.92 Å². The molecule has 6 nitrogen and oxygen atoms in total. The van der Waals surface area contributed by atoms with Crippen molar-refractivity contribution in [2.45, 2.75) is 31.5 Å². The van der Waals surface area contributed by atoms with E-state index in [1.807, 2.05) is 30.5 Å². The normalized spacial score (nSPS) is 12.2. The van der Waals surface area contributed by atoms with Gasteiger partial charge in [-0.05, 0) is 25.0 Å². The molecule has 2 N–H and O–H groups in total. The first-order chi connectivity index (χ1) is 14.1. The molecule has 0 aliphatic carbocycles. The van der Waals surface area contributed by atoms with Crippen LogP contribution in [0.2, 0.25) is 0 Å². The smallest absolute Gasteiger partial charge is 0.277 e. The molecule has 2 heterocycles. The van der Waals surface area contributed by atoms with Crippen LogP contribution < -0.4 is 5.32 Å². The summed E-state index contributed by atoms with van der Waals surface area (Å²) in [4.78, 5) is 15.6. The van der Waals surface area contributed by atoms with Crippen molar-refractivity contribution >= 4 is 28.6 Å². The molecule has 2 aromatic heterocycles. The fourth-order valence-electron chi connectivity index (χ4n) is 3.21. The number of aryl methyl sites for hydroxylation is 1. The molecule has 0 unspecified atom stereocenters. The van der Waals surface area contributed by atoms with Crippen molar-refractivity contribution in [2.24, 2.45) is 0 Å². The van der Waals surface area contributed by atoms with Gasteiger partial charge in [-0.15, -0.1) is 10.2 Å². The summed E-state index contributed by atoms with van der Waals surface area (Å²) in [7, 11) is 0. The number of rotatable bonds is 7. The number of nitrogens with one attached hydrogen (secondary N) is 2. The van der Waals surface area contributed by atoms with E-state index in [1.54, 1.807) is 0 Å². The molecule has 4 aromatic rings. The first-order valence-corrected chi connectivity index (χ1v) is 10.5. The van der Waals surface area contributed by atoms with E-state index >= 15 is 0 Å². The zero-order valence-corrected chi connectivity index (χ0v) is 17.1. The van der Waals surface area contributed by atoms with Crippen LogP contribution in [0.1, 0.15) is 30.5 Å². The van der Waals surface area contributed by atoms with E-state index < -0.39 is 0 Å². The predicted octanol–water partition coefficient (Wildman–Crippen LogP) is 4.89. The molecule has 0 saturated heterocycles. The Bertz CT molecular complexity index is 1120. The summed E-state index contributed by atoms with van der Waals surface area (Å²) in [5.41, 5.74) is 4.18. The summed E-state index contributed by atoms with van der Waals surface area (Å²) in [6.45, 7) is 4.11. The van der Waals surface area contributed by atoms with Crippen molar-refractivity contribution in [3.63, 3.8) is 0 Å². The zero-order chi connectivity index (χ0) is 20.2. The molecule has 148 valence electrons. The van der Waals surface area contributed by atoms with Crippen LogP contribution in [0.25, 0.3) is 22.4 Å². The Morgan fingerprint density at radius 2 is 1.97 bits per heavy atom. The second kappa shape index (κ2) is 8.53. The Morgan fingerprint density at radius 1 is 1.17 bits per heavy atom. The first kappa shape index (κ1) is 19.3. The summed E-state index contributed by atoms with van der Waals surface area (Å²) in [5.74, 6) is 0.600. The van der Waals surface area contributed by atoms with E-state index in [2.05, 4.69) is 58.6 Å². The van der Waals surface area contributed by atoms with Gasteiger partial charge >= 0.3 is 0 Å². The molecule has 1 atom stereocenters. The highest BCUT2D eigenvalue weighted by Crippen LogP contribution is 2.29. The Balaban J connectivity index is 1.38. The van der Waals surface area contributed by atoms with Crippen LogP contribution in [-0.2, 0) is 4.79 Å². The van der Waals surface area contributed by atoms with Crippen LogP contribution in [0.3, 0.4) is 0 Å². The third kappa shape index (κ3) is 4.35. The minimum absolute atomic E-state index is 0.00633. The van der Waals surface area contributed by atoms with Crippen molar-refractivity contribution in [1.82, 2.24) is 20.5 Å². The van der Waals surface area contributed by atoms with Crippen LogP contribution in [-0.4, -0.2) is 26.8 Å². The molecule has 4 rings (SSSR count). The monoisotopic (exact) mass is 406 g/mol. The molecule has 0 saturated carbocycles. The minimum atomic E-state index is -0.0609. The van der Waals surface area contributed by atoms with Gasteiger partial charge in [0.05, 0.1) is 17.4 Å². The number of carbonyl (C=O) groups excluding carboxylic acids is 1. The number of benzene rings is 2. The van der Waals surface area contributed by atoms with E-state index in [-0.39, 0.29) is 17.7 Å². The summed E-state index contributed by atoms with van der Waals surface area (Å²) >= 11 is 1.24. The first-order valence-electron chi connectivity index (χ1n) is 9.52. The number of amides is 1. The van der Waals surface area contributed by atoms with E-state index in [0.29, 0.717) is 11.1 Å². The molecule has 0 aliphatic rings. The van der Waals surface area contributed by atoms with Crippen molar-refractivity contribution in [3.8, 4) is 11.5 Å². The number of hydrogen-bond donors (Lipinski definition) is 2. The summed E-state index contributed by atoms with van der Waals surface area (Å²) < 4.78 is 5.76. The Hall–Kier alpha value is -3.06. The molecule has 29 heavy (non-hydrogen) atoms. The SMILES string of the molecule is CC[C@H](NC(=O)CSc1nnc(-c2c[nH]c3ccccc23)o1)c1ccc(C)cc1. The summed E-state index contributed by atoms with van der Waals surface area (Å²) in [5, 5.41) is 12.7. The van der Waals surface area contributed by atoms with Crippen molar-refractivity contribution < 1.29 is 9.21 Å². The molecule has 2 aromatic carbocycles. The van der Waals surface area contributed by atoms with Crippen molar-refractivity contribution in [3.05, 3.63) is 65.9 Å². The average Bonchev–Trinajstić information content (AvgIpc) is 3.38. The maximum absolute atomic E-state index is 12.4. The Labute approximate surface area is 173 Å².